The van der Waals surface area contributed by atoms with Gasteiger partial charge in [0.15, 0.2) is 9.84 Å². The van der Waals surface area contributed by atoms with E-state index >= 15 is 0 Å². The lowest BCUT2D eigenvalue weighted by Gasteiger charge is -2.20. The van der Waals surface area contributed by atoms with E-state index in [2.05, 4.69) is 10.6 Å². The molecule has 0 saturated carbocycles. The maximum atomic E-state index is 13.8. The van der Waals surface area contributed by atoms with Crippen LogP contribution in [-0.4, -0.2) is 51.2 Å². The summed E-state index contributed by atoms with van der Waals surface area (Å²) in [7, 11) is -1.75. The number of hydrogen-bond donors (Lipinski definition) is 2. The Morgan fingerprint density at radius 1 is 1.18 bits per heavy atom. The molecule has 0 unspecified atom stereocenters. The van der Waals surface area contributed by atoms with Gasteiger partial charge in [0, 0.05) is 42.8 Å². The van der Waals surface area contributed by atoms with E-state index < -0.39 is 27.5 Å². The molecule has 1 amide bonds. The summed E-state index contributed by atoms with van der Waals surface area (Å²) in [5.41, 5.74) is -0.645. The van der Waals surface area contributed by atoms with E-state index in [9.17, 15) is 26.4 Å². The van der Waals surface area contributed by atoms with Crippen molar-refractivity contribution in [2.24, 2.45) is 0 Å². The largest absolute Gasteiger partial charge is 0.416 e. The van der Waals surface area contributed by atoms with E-state index in [4.69, 9.17) is 11.6 Å². The molecular weight excluding hydrogens is 491 g/mol. The van der Waals surface area contributed by atoms with Crippen LogP contribution in [0.5, 0.6) is 0 Å². The summed E-state index contributed by atoms with van der Waals surface area (Å²) in [4.78, 5) is 14.6. The highest BCUT2D eigenvalue weighted by atomic mass is 35.5. The van der Waals surface area contributed by atoms with Gasteiger partial charge in [0.25, 0.3) is 5.91 Å². The third-order valence-electron chi connectivity index (χ3n) is 5.93. The number of amides is 1. The van der Waals surface area contributed by atoms with E-state index in [1.54, 1.807) is 0 Å². The molecule has 0 aromatic heterocycles. The summed E-state index contributed by atoms with van der Waals surface area (Å²) in [6, 6.07) is 7.98. The van der Waals surface area contributed by atoms with Gasteiger partial charge in [-0.2, -0.15) is 13.2 Å². The molecule has 34 heavy (non-hydrogen) atoms. The maximum absolute atomic E-state index is 13.8. The Labute approximate surface area is 202 Å². The molecule has 11 heteroatoms. The SMILES string of the molecule is CCS(=O)(=O)c1ccc(Cl)cc1CNC(=O)c1ccc(CN2CC[C@@H](NC)C2)c(C(F)(F)F)c1. The highest BCUT2D eigenvalue weighted by Crippen LogP contribution is 2.34. The average molecular weight is 518 g/mol. The molecular formula is C23H27ClF3N3O3S. The topological polar surface area (TPSA) is 78.5 Å². The number of sulfone groups is 1. The fourth-order valence-electron chi connectivity index (χ4n) is 3.99. The number of rotatable bonds is 8. The molecule has 0 spiro atoms. The van der Waals surface area contributed by atoms with Crippen LogP contribution in [0.3, 0.4) is 0 Å². The van der Waals surface area contributed by atoms with Gasteiger partial charge in [0.1, 0.15) is 0 Å². The second-order valence-corrected chi connectivity index (χ2v) is 10.9. The number of nitrogens with zero attached hydrogens (tertiary/aromatic N) is 1. The van der Waals surface area contributed by atoms with Gasteiger partial charge in [0.2, 0.25) is 0 Å². The minimum absolute atomic E-state index is 0.0246. The Morgan fingerprint density at radius 2 is 1.91 bits per heavy atom. The molecule has 3 rings (SSSR count). The summed E-state index contributed by atoms with van der Waals surface area (Å²) in [6.07, 6.45) is -3.76. The maximum Gasteiger partial charge on any atom is 0.416 e. The number of likely N-dealkylation sites (N-methyl/N-ethyl adjacent to an activating group) is 1. The highest BCUT2D eigenvalue weighted by Gasteiger charge is 2.35. The minimum Gasteiger partial charge on any atom is -0.348 e. The molecule has 1 saturated heterocycles. The van der Waals surface area contributed by atoms with Crippen molar-refractivity contribution in [1.82, 2.24) is 15.5 Å². The number of hydrogen-bond acceptors (Lipinski definition) is 5. The molecule has 2 N–H and O–H groups in total. The summed E-state index contributed by atoms with van der Waals surface area (Å²) >= 11 is 5.98. The van der Waals surface area contributed by atoms with E-state index in [0.29, 0.717) is 13.1 Å². The molecule has 0 aliphatic carbocycles. The first kappa shape index (κ1) is 26.5. The first-order valence-corrected chi connectivity index (χ1v) is 12.9. The average Bonchev–Trinajstić information content (AvgIpc) is 3.24. The Kier molecular flexibility index (Phi) is 8.28. The van der Waals surface area contributed by atoms with Gasteiger partial charge in [0.05, 0.1) is 16.2 Å². The van der Waals surface area contributed by atoms with E-state index in [-0.39, 0.29) is 51.5 Å². The first-order valence-electron chi connectivity index (χ1n) is 10.8. The van der Waals surface area contributed by atoms with Gasteiger partial charge in [-0.25, -0.2) is 8.42 Å². The summed E-state index contributed by atoms with van der Waals surface area (Å²) in [6.45, 7) is 2.77. The molecule has 1 fully saturated rings. The van der Waals surface area contributed by atoms with Gasteiger partial charge in [-0.15, -0.1) is 0 Å². The number of likely N-dealkylation sites (tertiary alicyclic amines) is 1. The standard InChI is InChI=1S/C23H27ClF3N3O3S/c1-3-34(32,33)21-7-6-18(24)10-17(21)12-29-22(31)15-4-5-16(20(11-15)23(25,26)27)13-30-9-8-19(14-30)28-2/h4-7,10-11,19,28H,3,8-9,12-14H2,1-2H3,(H,29,31)/t19-/m1/s1. The molecule has 1 heterocycles. The van der Waals surface area contributed by atoms with Gasteiger partial charge >= 0.3 is 6.18 Å². The van der Waals surface area contributed by atoms with Crippen LogP contribution in [0.1, 0.15) is 40.4 Å². The van der Waals surface area contributed by atoms with Crippen LogP contribution < -0.4 is 10.6 Å². The molecule has 6 nitrogen and oxygen atoms in total. The predicted molar refractivity (Wildman–Crippen MR) is 125 cm³/mol. The summed E-state index contributed by atoms with van der Waals surface area (Å²) in [5.74, 6) is -0.883. The monoisotopic (exact) mass is 517 g/mol. The minimum atomic E-state index is -4.62. The van der Waals surface area contributed by atoms with Gasteiger partial charge in [-0.05, 0) is 54.9 Å². The third kappa shape index (κ3) is 6.29. The fourth-order valence-corrected chi connectivity index (χ4v) is 5.31. The third-order valence-corrected chi connectivity index (χ3v) is 7.99. The number of benzene rings is 2. The normalized spacial score (nSPS) is 17.2. The molecule has 1 aliphatic heterocycles. The molecule has 186 valence electrons. The molecule has 2 aromatic rings. The van der Waals surface area contributed by atoms with Crippen molar-refractivity contribution in [3.63, 3.8) is 0 Å². The van der Waals surface area contributed by atoms with Gasteiger partial charge < -0.3 is 10.6 Å². The van der Waals surface area contributed by atoms with Crippen LogP contribution in [0, 0.1) is 0 Å². The number of carbonyl (C=O) groups is 1. The Bertz CT molecular complexity index is 1160. The summed E-state index contributed by atoms with van der Waals surface area (Å²) < 4.78 is 66.0. The number of carbonyl (C=O) groups excluding carboxylic acids is 1. The first-order chi connectivity index (χ1) is 15.9. The van der Waals surface area contributed by atoms with E-state index in [0.717, 1.165) is 12.5 Å². The molecule has 2 aromatic carbocycles. The fraction of sp³-hybridized carbons (Fsp3) is 0.435. The van der Waals surface area contributed by atoms with Crippen molar-refractivity contribution in [1.29, 1.82) is 0 Å². The smallest absolute Gasteiger partial charge is 0.348 e. The van der Waals surface area contributed by atoms with Gasteiger partial charge in [-0.1, -0.05) is 24.6 Å². The zero-order valence-electron chi connectivity index (χ0n) is 18.9. The number of halogens is 4. The van der Waals surface area contributed by atoms with Crippen LogP contribution in [0.2, 0.25) is 5.02 Å². The van der Waals surface area contributed by atoms with Crippen LogP contribution in [0.15, 0.2) is 41.3 Å². The molecule has 1 aliphatic rings. The van der Waals surface area contributed by atoms with Crippen LogP contribution in [-0.2, 0) is 29.1 Å². The van der Waals surface area contributed by atoms with Crippen molar-refractivity contribution in [3.8, 4) is 0 Å². The van der Waals surface area contributed by atoms with Crippen molar-refractivity contribution in [2.75, 3.05) is 25.9 Å². The number of alkyl halides is 3. The summed E-state index contributed by atoms with van der Waals surface area (Å²) in [5, 5.41) is 5.93. The van der Waals surface area contributed by atoms with Crippen LogP contribution in [0.25, 0.3) is 0 Å². The molecule has 0 bridgehead atoms. The van der Waals surface area contributed by atoms with Crippen molar-refractivity contribution < 1.29 is 26.4 Å². The van der Waals surface area contributed by atoms with E-state index in [1.165, 1.54) is 37.3 Å². The number of nitrogens with one attached hydrogen (secondary N) is 2. The highest BCUT2D eigenvalue weighted by molar-refractivity contribution is 7.91. The lowest BCUT2D eigenvalue weighted by atomic mass is 10.0. The Balaban J connectivity index is 1.80. The molecule has 1 atom stereocenters. The second-order valence-electron chi connectivity index (χ2n) is 8.22. The van der Waals surface area contributed by atoms with Crippen molar-refractivity contribution >= 4 is 27.3 Å². The Hall–Kier alpha value is -2.14. The van der Waals surface area contributed by atoms with E-state index in [1.807, 2.05) is 11.9 Å². The van der Waals surface area contributed by atoms with Gasteiger partial charge in [-0.3, -0.25) is 9.69 Å². The zero-order chi connectivity index (χ0) is 25.1. The van der Waals surface area contributed by atoms with Crippen LogP contribution >= 0.6 is 11.6 Å². The Morgan fingerprint density at radius 3 is 2.53 bits per heavy atom. The lowest BCUT2D eigenvalue weighted by Crippen LogP contribution is -2.30. The quantitative estimate of drug-likeness (QED) is 0.556. The molecule has 0 radical (unpaired) electrons. The second kappa shape index (κ2) is 10.6. The predicted octanol–water partition coefficient (Wildman–Crippen LogP) is 3.88. The van der Waals surface area contributed by atoms with Crippen molar-refractivity contribution in [3.05, 3.63) is 63.7 Å². The zero-order valence-corrected chi connectivity index (χ0v) is 20.4. The lowest BCUT2D eigenvalue weighted by molar-refractivity contribution is -0.138. The van der Waals surface area contributed by atoms with Crippen molar-refractivity contribution in [2.45, 2.75) is 43.5 Å². The van der Waals surface area contributed by atoms with Crippen LogP contribution in [0.4, 0.5) is 13.2 Å².